The third-order valence-corrected chi connectivity index (χ3v) is 6.10. The van der Waals surface area contributed by atoms with Crippen LogP contribution >= 0.6 is 11.3 Å². The normalized spacial score (nSPS) is 15.3. The lowest BCUT2D eigenvalue weighted by Crippen LogP contribution is -2.41. The summed E-state index contributed by atoms with van der Waals surface area (Å²) in [6.45, 7) is 1.13. The smallest absolute Gasteiger partial charge is 0.274 e. The summed E-state index contributed by atoms with van der Waals surface area (Å²) in [4.78, 5) is 22.0. The molecule has 0 unspecified atom stereocenters. The molecule has 1 fully saturated rings. The third kappa shape index (κ3) is 3.33. The fourth-order valence-electron chi connectivity index (χ4n) is 3.73. The molecule has 1 amide bonds. The zero-order chi connectivity index (χ0) is 20.0. The van der Waals surface area contributed by atoms with E-state index in [0.29, 0.717) is 41.4 Å². The number of ether oxygens (including phenoxy) is 1. The van der Waals surface area contributed by atoms with Gasteiger partial charge in [0.1, 0.15) is 17.4 Å². The first-order chi connectivity index (χ1) is 14.1. The second kappa shape index (κ2) is 7.11. The molecule has 0 spiro atoms. The number of amides is 1. The molecule has 8 heteroatoms. The highest BCUT2D eigenvalue weighted by atomic mass is 32.1. The van der Waals surface area contributed by atoms with E-state index in [-0.39, 0.29) is 17.5 Å². The van der Waals surface area contributed by atoms with Gasteiger partial charge in [0.2, 0.25) is 0 Å². The fraction of sp³-hybridized carbons (Fsp3) is 0.238. The highest BCUT2D eigenvalue weighted by Crippen LogP contribution is 2.32. The molecule has 1 saturated heterocycles. The Labute approximate surface area is 168 Å². The fourth-order valence-corrected chi connectivity index (χ4v) is 4.65. The summed E-state index contributed by atoms with van der Waals surface area (Å²) < 4.78 is 33.5. The number of nitrogens with one attached hydrogen (secondary N) is 1. The van der Waals surface area contributed by atoms with Gasteiger partial charge >= 0.3 is 0 Å². The van der Waals surface area contributed by atoms with Gasteiger partial charge in [0.15, 0.2) is 5.82 Å². The molecule has 3 heterocycles. The van der Waals surface area contributed by atoms with Crippen LogP contribution in [0.5, 0.6) is 5.19 Å². The van der Waals surface area contributed by atoms with Gasteiger partial charge in [0, 0.05) is 49.1 Å². The lowest BCUT2D eigenvalue weighted by atomic mass is 10.1. The number of aromatic nitrogens is 2. The van der Waals surface area contributed by atoms with Crippen LogP contribution in [0.25, 0.3) is 21.1 Å². The summed E-state index contributed by atoms with van der Waals surface area (Å²) in [5, 5.41) is 1.24. The molecule has 148 valence electrons. The summed E-state index contributed by atoms with van der Waals surface area (Å²) in [6, 6.07) is 9.80. The van der Waals surface area contributed by atoms with Gasteiger partial charge in [0.05, 0.1) is 10.3 Å². The Bertz CT molecular complexity index is 1210. The van der Waals surface area contributed by atoms with Crippen LogP contribution in [0.1, 0.15) is 23.2 Å². The van der Waals surface area contributed by atoms with E-state index in [1.165, 1.54) is 6.07 Å². The minimum atomic E-state index is -0.690. The standard InChI is InChI=1S/C21H17F2N3O2S/c22-12-9-16(23)19-18(10-12)29-21(25-19)28-13-5-7-26(8-6-13)20(27)15-11-24-17-4-2-1-3-14(15)17/h1-4,9-11,13,24H,5-8H2. The van der Waals surface area contributed by atoms with E-state index in [9.17, 15) is 13.6 Å². The zero-order valence-electron chi connectivity index (χ0n) is 15.3. The lowest BCUT2D eigenvalue weighted by Gasteiger charge is -2.31. The molecular weight excluding hydrogens is 396 g/mol. The number of hydrogen-bond donors (Lipinski definition) is 1. The van der Waals surface area contributed by atoms with E-state index in [0.717, 1.165) is 28.3 Å². The predicted octanol–water partition coefficient (Wildman–Crippen LogP) is 4.74. The van der Waals surface area contributed by atoms with Crippen LogP contribution in [0.15, 0.2) is 42.6 Å². The Morgan fingerprint density at radius 1 is 1.21 bits per heavy atom. The van der Waals surface area contributed by atoms with Gasteiger partial charge < -0.3 is 14.6 Å². The Morgan fingerprint density at radius 3 is 2.83 bits per heavy atom. The Morgan fingerprint density at radius 2 is 2.00 bits per heavy atom. The summed E-state index contributed by atoms with van der Waals surface area (Å²) in [7, 11) is 0. The van der Waals surface area contributed by atoms with Crippen molar-refractivity contribution in [1.29, 1.82) is 0 Å². The minimum absolute atomic E-state index is 0.00145. The molecule has 1 aliphatic heterocycles. The van der Waals surface area contributed by atoms with E-state index in [1.807, 2.05) is 29.2 Å². The van der Waals surface area contributed by atoms with Crippen molar-refractivity contribution in [3.05, 3.63) is 59.8 Å². The van der Waals surface area contributed by atoms with Crippen molar-refractivity contribution in [3.63, 3.8) is 0 Å². The lowest BCUT2D eigenvalue weighted by molar-refractivity contribution is 0.0597. The summed E-state index contributed by atoms with van der Waals surface area (Å²) >= 11 is 1.13. The summed E-state index contributed by atoms with van der Waals surface area (Å²) in [5.74, 6) is -1.32. The van der Waals surface area contributed by atoms with E-state index in [4.69, 9.17) is 4.74 Å². The zero-order valence-corrected chi connectivity index (χ0v) is 16.1. The van der Waals surface area contributed by atoms with Gasteiger partial charge in [-0.15, -0.1) is 0 Å². The van der Waals surface area contributed by atoms with Crippen molar-refractivity contribution < 1.29 is 18.3 Å². The Hall–Kier alpha value is -3.00. The molecule has 29 heavy (non-hydrogen) atoms. The number of rotatable bonds is 3. The van der Waals surface area contributed by atoms with Crippen molar-refractivity contribution in [2.24, 2.45) is 0 Å². The number of para-hydroxylation sites is 1. The van der Waals surface area contributed by atoms with Crippen LogP contribution in [-0.2, 0) is 0 Å². The SMILES string of the molecule is O=C(c1c[nH]c2ccccc12)N1CCC(Oc2nc3c(F)cc(F)cc3s2)CC1. The van der Waals surface area contributed by atoms with Gasteiger partial charge in [-0.3, -0.25) is 4.79 Å². The van der Waals surface area contributed by atoms with E-state index < -0.39 is 11.6 Å². The molecule has 0 radical (unpaired) electrons. The van der Waals surface area contributed by atoms with Crippen molar-refractivity contribution in [2.45, 2.75) is 18.9 Å². The average molecular weight is 413 g/mol. The number of hydrogen-bond acceptors (Lipinski definition) is 4. The van der Waals surface area contributed by atoms with Crippen LogP contribution in [-0.4, -0.2) is 40.0 Å². The average Bonchev–Trinajstić information content (AvgIpc) is 3.32. The number of fused-ring (bicyclic) bond motifs is 2. The second-order valence-corrected chi connectivity index (χ2v) is 8.06. The number of nitrogens with zero attached hydrogens (tertiary/aromatic N) is 2. The number of likely N-dealkylation sites (tertiary alicyclic amines) is 1. The maximum atomic E-state index is 13.8. The van der Waals surface area contributed by atoms with E-state index in [2.05, 4.69) is 9.97 Å². The quantitative estimate of drug-likeness (QED) is 0.528. The van der Waals surface area contributed by atoms with E-state index >= 15 is 0 Å². The Balaban J connectivity index is 1.26. The second-order valence-electron chi connectivity index (χ2n) is 7.07. The monoisotopic (exact) mass is 413 g/mol. The topological polar surface area (TPSA) is 58.2 Å². The first kappa shape index (κ1) is 18.1. The summed E-state index contributed by atoms with van der Waals surface area (Å²) in [5.41, 5.74) is 1.73. The third-order valence-electron chi connectivity index (χ3n) is 5.21. The van der Waals surface area contributed by atoms with Gasteiger partial charge in [0.25, 0.3) is 11.1 Å². The molecule has 5 rings (SSSR count). The molecule has 0 saturated carbocycles. The first-order valence-electron chi connectivity index (χ1n) is 9.36. The maximum absolute atomic E-state index is 13.8. The maximum Gasteiger partial charge on any atom is 0.274 e. The molecule has 1 N–H and O–H groups in total. The van der Waals surface area contributed by atoms with Crippen molar-refractivity contribution in [3.8, 4) is 5.19 Å². The van der Waals surface area contributed by atoms with Crippen molar-refractivity contribution in [1.82, 2.24) is 14.9 Å². The number of carbonyl (C=O) groups excluding carboxylic acids is 1. The predicted molar refractivity (Wildman–Crippen MR) is 107 cm³/mol. The van der Waals surface area contributed by atoms with Crippen LogP contribution in [0.4, 0.5) is 8.78 Å². The number of thiazole rings is 1. The van der Waals surface area contributed by atoms with Crippen LogP contribution in [0.2, 0.25) is 0 Å². The molecule has 4 aromatic rings. The molecule has 0 bridgehead atoms. The van der Waals surface area contributed by atoms with Gasteiger partial charge in [-0.25, -0.2) is 8.78 Å². The van der Waals surface area contributed by atoms with E-state index in [1.54, 1.807) is 6.20 Å². The van der Waals surface area contributed by atoms with Crippen LogP contribution < -0.4 is 4.74 Å². The number of H-pyrrole nitrogens is 1. The number of halogens is 2. The highest BCUT2D eigenvalue weighted by Gasteiger charge is 2.27. The summed E-state index contributed by atoms with van der Waals surface area (Å²) in [6.07, 6.45) is 2.95. The van der Waals surface area contributed by atoms with Gasteiger partial charge in [-0.1, -0.05) is 29.5 Å². The van der Waals surface area contributed by atoms with Crippen molar-refractivity contribution in [2.75, 3.05) is 13.1 Å². The van der Waals surface area contributed by atoms with Crippen LogP contribution in [0, 0.1) is 11.6 Å². The number of carbonyl (C=O) groups is 1. The molecule has 0 atom stereocenters. The van der Waals surface area contributed by atoms with Gasteiger partial charge in [-0.2, -0.15) is 4.98 Å². The number of aromatic amines is 1. The number of benzene rings is 2. The van der Waals surface area contributed by atoms with Gasteiger partial charge in [-0.05, 0) is 12.1 Å². The molecule has 5 nitrogen and oxygen atoms in total. The van der Waals surface area contributed by atoms with Crippen LogP contribution in [0.3, 0.4) is 0 Å². The first-order valence-corrected chi connectivity index (χ1v) is 10.2. The molecule has 2 aromatic carbocycles. The number of piperidine rings is 1. The molecule has 2 aromatic heterocycles. The molecular formula is C21H17F2N3O2S. The Kier molecular flexibility index (Phi) is 4.43. The molecule has 1 aliphatic rings. The largest absolute Gasteiger partial charge is 0.467 e. The van der Waals surface area contributed by atoms with Crippen molar-refractivity contribution >= 4 is 38.4 Å². The molecule has 0 aliphatic carbocycles. The minimum Gasteiger partial charge on any atom is -0.467 e. The highest BCUT2D eigenvalue weighted by molar-refractivity contribution is 7.20.